The second-order valence-electron chi connectivity index (χ2n) is 8.74. The average molecular weight is 457 g/mol. The predicted molar refractivity (Wildman–Crippen MR) is 128 cm³/mol. The molecule has 0 spiro atoms. The summed E-state index contributed by atoms with van der Waals surface area (Å²) in [5.74, 6) is -0.313. The third-order valence-corrected chi connectivity index (χ3v) is 8.42. The number of benzene rings is 2. The Labute approximate surface area is 191 Å². The first-order valence-corrected chi connectivity index (χ1v) is 12.7. The summed E-state index contributed by atoms with van der Waals surface area (Å²) in [6.45, 7) is 6.90. The van der Waals surface area contributed by atoms with Crippen LogP contribution in [0.25, 0.3) is 0 Å². The summed E-state index contributed by atoms with van der Waals surface area (Å²) >= 11 is 0. The van der Waals surface area contributed by atoms with E-state index in [1.54, 1.807) is 19.1 Å². The maximum Gasteiger partial charge on any atom is 0.255 e. The second kappa shape index (κ2) is 9.60. The Bertz CT molecular complexity index is 1060. The standard InChI is InChI=1S/C24H32N4O3S/c1-19-6-7-20(18-23(19)32(30,31)28-12-4-3-5-13-28)24(29)25-21-8-10-22(11-9-21)27-16-14-26(2)15-17-27/h6-11,18H,3-5,12-17H2,1-2H3,(H,25,29). The van der Waals surface area contributed by atoms with Crippen molar-refractivity contribution in [3.05, 3.63) is 53.6 Å². The van der Waals surface area contributed by atoms with Gasteiger partial charge in [0, 0.05) is 56.2 Å². The molecule has 0 saturated carbocycles. The zero-order valence-electron chi connectivity index (χ0n) is 18.9. The van der Waals surface area contributed by atoms with Crippen LogP contribution in [0.5, 0.6) is 0 Å². The SMILES string of the molecule is Cc1ccc(C(=O)Nc2ccc(N3CCN(C)CC3)cc2)cc1S(=O)(=O)N1CCCCC1. The second-order valence-corrected chi connectivity index (χ2v) is 10.6. The fraction of sp³-hybridized carbons (Fsp3) is 0.458. The van der Waals surface area contributed by atoms with E-state index in [-0.39, 0.29) is 10.8 Å². The Balaban J connectivity index is 1.47. The molecule has 8 heteroatoms. The van der Waals surface area contributed by atoms with Crippen LogP contribution in [0.3, 0.4) is 0 Å². The molecular weight excluding hydrogens is 424 g/mol. The molecule has 2 aromatic rings. The molecule has 2 aliphatic rings. The summed E-state index contributed by atoms with van der Waals surface area (Å²) in [5.41, 5.74) is 2.83. The highest BCUT2D eigenvalue weighted by molar-refractivity contribution is 7.89. The van der Waals surface area contributed by atoms with Crippen molar-refractivity contribution >= 4 is 27.3 Å². The van der Waals surface area contributed by atoms with Crippen LogP contribution in [0, 0.1) is 6.92 Å². The van der Waals surface area contributed by atoms with Gasteiger partial charge in [0.15, 0.2) is 0 Å². The molecule has 7 nitrogen and oxygen atoms in total. The maximum atomic E-state index is 13.1. The molecule has 0 radical (unpaired) electrons. The first kappa shape index (κ1) is 22.8. The number of piperidine rings is 1. The lowest BCUT2D eigenvalue weighted by Gasteiger charge is -2.34. The Hall–Kier alpha value is -2.42. The average Bonchev–Trinajstić information content (AvgIpc) is 2.81. The quantitative estimate of drug-likeness (QED) is 0.748. The van der Waals surface area contributed by atoms with E-state index in [0.29, 0.717) is 29.9 Å². The summed E-state index contributed by atoms with van der Waals surface area (Å²) in [4.78, 5) is 17.7. The zero-order valence-corrected chi connectivity index (χ0v) is 19.7. The van der Waals surface area contributed by atoms with Gasteiger partial charge >= 0.3 is 0 Å². The Morgan fingerprint density at radius 3 is 2.19 bits per heavy atom. The summed E-state index contributed by atoms with van der Waals surface area (Å²) in [6, 6.07) is 12.7. The highest BCUT2D eigenvalue weighted by Crippen LogP contribution is 2.25. The molecule has 4 rings (SSSR count). The Kier molecular flexibility index (Phi) is 6.83. The predicted octanol–water partition coefficient (Wildman–Crippen LogP) is 3.17. The maximum absolute atomic E-state index is 13.1. The number of hydrogen-bond donors (Lipinski definition) is 1. The van der Waals surface area contributed by atoms with Crippen LogP contribution in [0.2, 0.25) is 0 Å². The van der Waals surface area contributed by atoms with E-state index in [1.807, 2.05) is 24.3 Å². The number of aryl methyl sites for hydroxylation is 1. The lowest BCUT2D eigenvalue weighted by atomic mass is 10.1. The van der Waals surface area contributed by atoms with Gasteiger partial charge in [-0.15, -0.1) is 0 Å². The van der Waals surface area contributed by atoms with Gasteiger partial charge in [0.1, 0.15) is 0 Å². The van der Waals surface area contributed by atoms with Crippen molar-refractivity contribution in [1.29, 1.82) is 0 Å². The molecule has 172 valence electrons. The molecular formula is C24H32N4O3S. The van der Waals surface area contributed by atoms with Gasteiger partial charge in [-0.25, -0.2) is 8.42 Å². The number of nitrogens with one attached hydrogen (secondary N) is 1. The molecule has 0 aromatic heterocycles. The fourth-order valence-corrected chi connectivity index (χ4v) is 6.05. The summed E-state index contributed by atoms with van der Waals surface area (Å²) in [6.07, 6.45) is 2.81. The number of hydrogen-bond acceptors (Lipinski definition) is 5. The number of sulfonamides is 1. The zero-order chi connectivity index (χ0) is 22.7. The lowest BCUT2D eigenvalue weighted by molar-refractivity contribution is 0.102. The molecule has 0 unspecified atom stereocenters. The molecule has 0 bridgehead atoms. The Morgan fingerprint density at radius 1 is 0.875 bits per heavy atom. The van der Waals surface area contributed by atoms with Crippen molar-refractivity contribution in [3.63, 3.8) is 0 Å². The number of nitrogens with zero attached hydrogens (tertiary/aromatic N) is 3. The van der Waals surface area contributed by atoms with Crippen molar-refractivity contribution in [2.75, 3.05) is 56.5 Å². The largest absolute Gasteiger partial charge is 0.369 e. The number of carbonyl (C=O) groups excluding carboxylic acids is 1. The minimum Gasteiger partial charge on any atom is -0.369 e. The van der Waals surface area contributed by atoms with E-state index in [2.05, 4.69) is 22.2 Å². The van der Waals surface area contributed by atoms with Crippen molar-refractivity contribution in [2.24, 2.45) is 0 Å². The van der Waals surface area contributed by atoms with E-state index < -0.39 is 10.0 Å². The van der Waals surface area contributed by atoms with Crippen LogP contribution >= 0.6 is 0 Å². The number of rotatable bonds is 5. The normalized spacial score (nSPS) is 18.5. The van der Waals surface area contributed by atoms with Crippen molar-refractivity contribution in [1.82, 2.24) is 9.21 Å². The summed E-state index contributed by atoms with van der Waals surface area (Å²) < 4.78 is 27.8. The third-order valence-electron chi connectivity index (χ3n) is 6.38. The molecule has 1 N–H and O–H groups in total. The number of anilines is 2. The van der Waals surface area contributed by atoms with Gasteiger partial charge in [-0.2, -0.15) is 4.31 Å². The number of carbonyl (C=O) groups is 1. The molecule has 1 amide bonds. The molecule has 2 aromatic carbocycles. The van der Waals surface area contributed by atoms with E-state index >= 15 is 0 Å². The third kappa shape index (κ3) is 4.98. The van der Waals surface area contributed by atoms with Gasteiger partial charge in [0.05, 0.1) is 4.90 Å². The molecule has 0 aliphatic carbocycles. The smallest absolute Gasteiger partial charge is 0.255 e. The van der Waals surface area contributed by atoms with Crippen LogP contribution in [0.15, 0.2) is 47.4 Å². The van der Waals surface area contributed by atoms with E-state index in [1.165, 1.54) is 10.4 Å². The topological polar surface area (TPSA) is 73.0 Å². The lowest BCUT2D eigenvalue weighted by Crippen LogP contribution is -2.44. The van der Waals surface area contributed by atoms with Crippen molar-refractivity contribution in [2.45, 2.75) is 31.1 Å². The fourth-order valence-electron chi connectivity index (χ4n) is 4.29. The molecule has 2 fully saturated rings. The Morgan fingerprint density at radius 2 is 1.53 bits per heavy atom. The van der Waals surface area contributed by atoms with Gasteiger partial charge in [-0.3, -0.25) is 4.79 Å². The van der Waals surface area contributed by atoms with Gasteiger partial charge in [0.2, 0.25) is 10.0 Å². The molecule has 32 heavy (non-hydrogen) atoms. The van der Waals surface area contributed by atoms with Crippen molar-refractivity contribution in [3.8, 4) is 0 Å². The highest BCUT2D eigenvalue weighted by atomic mass is 32.2. The molecule has 2 saturated heterocycles. The monoisotopic (exact) mass is 456 g/mol. The summed E-state index contributed by atoms with van der Waals surface area (Å²) in [5, 5.41) is 2.90. The van der Waals surface area contributed by atoms with E-state index in [4.69, 9.17) is 0 Å². The minimum absolute atomic E-state index is 0.220. The molecule has 2 aliphatic heterocycles. The van der Waals surface area contributed by atoms with Crippen LogP contribution in [0.1, 0.15) is 35.2 Å². The van der Waals surface area contributed by atoms with Gasteiger partial charge in [-0.1, -0.05) is 12.5 Å². The molecule has 0 atom stereocenters. The van der Waals surface area contributed by atoms with Gasteiger partial charge < -0.3 is 15.1 Å². The first-order chi connectivity index (χ1) is 15.3. The minimum atomic E-state index is -3.60. The first-order valence-electron chi connectivity index (χ1n) is 11.3. The number of likely N-dealkylation sites (N-methyl/N-ethyl adjacent to an activating group) is 1. The van der Waals surface area contributed by atoms with Crippen LogP contribution in [-0.4, -0.2) is 69.8 Å². The van der Waals surface area contributed by atoms with Crippen LogP contribution < -0.4 is 10.2 Å². The molecule has 2 heterocycles. The van der Waals surface area contributed by atoms with E-state index in [0.717, 1.165) is 51.1 Å². The number of piperazine rings is 1. The summed E-state index contributed by atoms with van der Waals surface area (Å²) in [7, 11) is -1.47. The van der Waals surface area contributed by atoms with Crippen LogP contribution in [0.4, 0.5) is 11.4 Å². The van der Waals surface area contributed by atoms with Gasteiger partial charge in [0.25, 0.3) is 5.91 Å². The highest BCUT2D eigenvalue weighted by Gasteiger charge is 2.28. The van der Waals surface area contributed by atoms with Gasteiger partial charge in [-0.05, 0) is 68.8 Å². The van der Waals surface area contributed by atoms with Crippen molar-refractivity contribution < 1.29 is 13.2 Å². The number of amides is 1. The van der Waals surface area contributed by atoms with Crippen LogP contribution in [-0.2, 0) is 10.0 Å². The van der Waals surface area contributed by atoms with E-state index in [9.17, 15) is 13.2 Å².